The lowest BCUT2D eigenvalue weighted by Gasteiger charge is -2.28. The Hall–Kier alpha value is -3.06. The Morgan fingerprint density at radius 3 is 2.63 bits per heavy atom. The highest BCUT2D eigenvalue weighted by Crippen LogP contribution is 2.41. The van der Waals surface area contributed by atoms with Gasteiger partial charge in [0.15, 0.2) is 11.2 Å². The molecular weight excluding hydrogens is 388 g/mol. The first kappa shape index (κ1) is 20.2. The molecule has 30 heavy (non-hydrogen) atoms. The average molecular weight is 414 g/mol. The lowest BCUT2D eigenvalue weighted by molar-refractivity contribution is -0.154. The smallest absolute Gasteiger partial charge is 0.350 e. The highest BCUT2D eigenvalue weighted by atomic mass is 16.6. The number of nitrogens with zero attached hydrogens (tertiary/aromatic N) is 5. The molecule has 1 saturated carbocycles. The van der Waals surface area contributed by atoms with Gasteiger partial charge in [-0.15, -0.1) is 5.92 Å². The van der Waals surface area contributed by atoms with E-state index in [0.717, 1.165) is 26.2 Å². The van der Waals surface area contributed by atoms with Gasteiger partial charge >= 0.3 is 12.0 Å². The fraction of sp³-hybridized carbons (Fsp3) is 0.600. The van der Waals surface area contributed by atoms with Gasteiger partial charge in [0.2, 0.25) is 11.5 Å². The van der Waals surface area contributed by atoms with E-state index in [4.69, 9.17) is 9.47 Å². The van der Waals surface area contributed by atoms with Crippen molar-refractivity contribution < 1.29 is 14.3 Å². The van der Waals surface area contributed by atoms with E-state index < -0.39 is 11.6 Å². The number of nitrogens with one attached hydrogen (secondary N) is 1. The van der Waals surface area contributed by atoms with Gasteiger partial charge in [-0.2, -0.15) is 9.97 Å². The second kappa shape index (κ2) is 7.99. The zero-order chi connectivity index (χ0) is 21.3. The molecule has 0 radical (unpaired) electrons. The van der Waals surface area contributed by atoms with E-state index in [2.05, 4.69) is 32.0 Å². The lowest BCUT2D eigenvalue weighted by Crippen LogP contribution is -2.44. The number of carbonyl (C=O) groups excluding carboxylic acids is 1. The van der Waals surface area contributed by atoms with Gasteiger partial charge in [0, 0.05) is 46.1 Å². The second-order valence-electron chi connectivity index (χ2n) is 7.41. The van der Waals surface area contributed by atoms with Crippen LogP contribution in [0.3, 0.4) is 0 Å². The van der Waals surface area contributed by atoms with Crippen molar-refractivity contribution in [2.45, 2.75) is 38.8 Å². The maximum absolute atomic E-state index is 13.2. The van der Waals surface area contributed by atoms with Gasteiger partial charge in [-0.1, -0.05) is 5.92 Å². The Bertz CT molecular complexity index is 1080. The van der Waals surface area contributed by atoms with E-state index in [1.165, 1.54) is 4.57 Å². The summed E-state index contributed by atoms with van der Waals surface area (Å²) in [6.07, 6.45) is 1.07. The SMILES string of the molecule is CC#CCn1c(N2CCNCC2)nc2nc(OC3(C(=O)OCC)CC3)n(C)c(=O)c21. The van der Waals surface area contributed by atoms with Gasteiger partial charge in [0.25, 0.3) is 5.56 Å². The molecule has 1 saturated heterocycles. The molecule has 0 spiro atoms. The summed E-state index contributed by atoms with van der Waals surface area (Å²) in [6, 6.07) is 0.0659. The summed E-state index contributed by atoms with van der Waals surface area (Å²) >= 11 is 0. The summed E-state index contributed by atoms with van der Waals surface area (Å²) in [4.78, 5) is 36.8. The fourth-order valence-corrected chi connectivity index (χ4v) is 3.53. The Kier molecular flexibility index (Phi) is 5.39. The number of hydrogen-bond acceptors (Lipinski definition) is 8. The number of esters is 1. The van der Waals surface area contributed by atoms with Crippen LogP contribution in [0.1, 0.15) is 26.7 Å². The van der Waals surface area contributed by atoms with Crippen molar-refractivity contribution in [2.75, 3.05) is 37.7 Å². The van der Waals surface area contributed by atoms with Crippen molar-refractivity contribution in [1.29, 1.82) is 0 Å². The van der Waals surface area contributed by atoms with E-state index in [1.807, 2.05) is 4.57 Å². The normalized spacial score (nSPS) is 17.4. The lowest BCUT2D eigenvalue weighted by atomic mass is 10.3. The summed E-state index contributed by atoms with van der Waals surface area (Å²) in [6.45, 7) is 7.35. The third kappa shape index (κ3) is 3.50. The molecule has 2 aromatic rings. The molecule has 2 aromatic heterocycles. The summed E-state index contributed by atoms with van der Waals surface area (Å²) in [5.74, 6) is 6.14. The molecule has 0 bridgehead atoms. The molecule has 2 aliphatic rings. The summed E-state index contributed by atoms with van der Waals surface area (Å²) < 4.78 is 14.2. The third-order valence-corrected chi connectivity index (χ3v) is 5.38. The molecule has 4 rings (SSSR count). The molecule has 2 fully saturated rings. The van der Waals surface area contributed by atoms with Crippen molar-refractivity contribution in [1.82, 2.24) is 24.4 Å². The number of anilines is 1. The van der Waals surface area contributed by atoms with Gasteiger partial charge in [-0.05, 0) is 13.8 Å². The van der Waals surface area contributed by atoms with Crippen LogP contribution in [0, 0.1) is 11.8 Å². The van der Waals surface area contributed by atoms with Gasteiger partial charge in [0.1, 0.15) is 0 Å². The zero-order valence-corrected chi connectivity index (χ0v) is 17.5. The molecular formula is C20H26N6O4. The number of rotatable bonds is 6. The minimum absolute atomic E-state index is 0.0659. The Balaban J connectivity index is 1.78. The summed E-state index contributed by atoms with van der Waals surface area (Å²) in [7, 11) is 1.58. The Labute approximate surface area is 174 Å². The van der Waals surface area contributed by atoms with E-state index >= 15 is 0 Å². The fourth-order valence-electron chi connectivity index (χ4n) is 3.53. The van der Waals surface area contributed by atoms with Crippen LogP contribution >= 0.6 is 0 Å². The van der Waals surface area contributed by atoms with Crippen LogP contribution in [0.4, 0.5) is 5.95 Å². The molecule has 1 N–H and O–H groups in total. The molecule has 0 aromatic carbocycles. The number of fused-ring (bicyclic) bond motifs is 1. The van der Waals surface area contributed by atoms with E-state index in [0.29, 0.717) is 36.5 Å². The molecule has 0 atom stereocenters. The summed E-state index contributed by atoms with van der Waals surface area (Å²) in [5.41, 5.74) is -0.679. The standard InChI is InChI=1S/C20H26N6O4/c1-4-6-11-26-14-15(22-18(26)25-12-9-21-10-13-25)23-19(24(3)16(14)27)30-20(7-8-20)17(28)29-5-2/h21H,5,7-13H2,1-3H3. The van der Waals surface area contributed by atoms with Gasteiger partial charge in [-0.25, -0.2) is 4.79 Å². The Morgan fingerprint density at radius 1 is 1.27 bits per heavy atom. The Morgan fingerprint density at radius 2 is 2.00 bits per heavy atom. The number of carbonyl (C=O) groups is 1. The molecule has 0 unspecified atom stereocenters. The highest BCUT2D eigenvalue weighted by molar-refractivity contribution is 5.83. The topological polar surface area (TPSA) is 104 Å². The molecule has 0 amide bonds. The maximum Gasteiger partial charge on any atom is 0.350 e. The van der Waals surface area contributed by atoms with Crippen LogP contribution < -0.4 is 20.5 Å². The van der Waals surface area contributed by atoms with Crippen molar-refractivity contribution in [3.8, 4) is 17.9 Å². The van der Waals surface area contributed by atoms with Crippen molar-refractivity contribution in [2.24, 2.45) is 7.05 Å². The van der Waals surface area contributed by atoms with Crippen molar-refractivity contribution in [3.63, 3.8) is 0 Å². The molecule has 3 heterocycles. The predicted octanol–water partition coefficient (Wildman–Crippen LogP) is 0.0374. The van der Waals surface area contributed by atoms with E-state index in [-0.39, 0.29) is 18.2 Å². The van der Waals surface area contributed by atoms with E-state index in [9.17, 15) is 9.59 Å². The first-order valence-electron chi connectivity index (χ1n) is 10.2. The number of ether oxygens (including phenoxy) is 2. The van der Waals surface area contributed by atoms with Crippen molar-refractivity contribution in [3.05, 3.63) is 10.4 Å². The number of aromatic nitrogens is 4. The quantitative estimate of drug-likeness (QED) is 0.522. The minimum Gasteiger partial charge on any atom is -0.463 e. The minimum atomic E-state index is -1.06. The molecule has 1 aliphatic carbocycles. The first-order chi connectivity index (χ1) is 14.5. The van der Waals surface area contributed by atoms with Gasteiger partial charge in [-0.3, -0.25) is 13.9 Å². The molecule has 10 heteroatoms. The first-order valence-corrected chi connectivity index (χ1v) is 10.2. The number of hydrogen-bond donors (Lipinski definition) is 1. The van der Waals surface area contributed by atoms with Gasteiger partial charge < -0.3 is 19.7 Å². The van der Waals surface area contributed by atoms with Crippen LogP contribution in [0.15, 0.2) is 4.79 Å². The van der Waals surface area contributed by atoms with Crippen LogP contribution in [0.25, 0.3) is 11.2 Å². The predicted molar refractivity (Wildman–Crippen MR) is 111 cm³/mol. The highest BCUT2D eigenvalue weighted by Gasteiger charge is 2.55. The second-order valence-corrected chi connectivity index (χ2v) is 7.41. The molecule has 10 nitrogen and oxygen atoms in total. The number of piperazine rings is 1. The molecule has 160 valence electrons. The van der Waals surface area contributed by atoms with Gasteiger partial charge in [0.05, 0.1) is 13.2 Å². The largest absolute Gasteiger partial charge is 0.463 e. The monoisotopic (exact) mass is 414 g/mol. The van der Waals surface area contributed by atoms with Crippen LogP contribution in [-0.4, -0.2) is 63.5 Å². The van der Waals surface area contributed by atoms with Crippen LogP contribution in [-0.2, 0) is 23.1 Å². The molecule has 1 aliphatic heterocycles. The van der Waals surface area contributed by atoms with Crippen LogP contribution in [0.2, 0.25) is 0 Å². The average Bonchev–Trinajstić information content (AvgIpc) is 3.45. The van der Waals surface area contributed by atoms with Crippen molar-refractivity contribution >= 4 is 23.1 Å². The maximum atomic E-state index is 13.2. The number of imidazole rings is 1. The summed E-state index contributed by atoms with van der Waals surface area (Å²) in [5, 5.41) is 3.31. The van der Waals surface area contributed by atoms with Crippen LogP contribution in [0.5, 0.6) is 6.01 Å². The van der Waals surface area contributed by atoms with E-state index in [1.54, 1.807) is 20.9 Å². The zero-order valence-electron chi connectivity index (χ0n) is 17.5. The third-order valence-electron chi connectivity index (χ3n) is 5.38.